The van der Waals surface area contributed by atoms with Crippen LogP contribution in [0.2, 0.25) is 5.02 Å². The van der Waals surface area contributed by atoms with Gasteiger partial charge in [0.1, 0.15) is 10.6 Å². The number of aromatic nitrogens is 1. The summed E-state index contributed by atoms with van der Waals surface area (Å²) < 4.78 is 39.7. The van der Waals surface area contributed by atoms with Crippen LogP contribution in [0.3, 0.4) is 0 Å². The molecule has 2 aliphatic heterocycles. The molecule has 2 fully saturated rings. The van der Waals surface area contributed by atoms with Gasteiger partial charge in [0, 0.05) is 41.6 Å². The van der Waals surface area contributed by atoms with Gasteiger partial charge in [-0.25, -0.2) is 8.42 Å². The first-order valence-electron chi connectivity index (χ1n) is 12.8. The molecular weight excluding hydrogens is 536 g/mol. The molecule has 0 saturated carbocycles. The number of nitrogens with two attached hydrogens (primary N) is 1. The largest absolute Gasteiger partial charge is 0.466 e. The van der Waals surface area contributed by atoms with Crippen molar-refractivity contribution in [2.75, 3.05) is 39.4 Å². The van der Waals surface area contributed by atoms with Crippen molar-refractivity contribution in [1.29, 1.82) is 0 Å². The Labute approximate surface area is 226 Å². The Morgan fingerprint density at radius 2 is 1.79 bits per heavy atom. The zero-order valence-corrected chi connectivity index (χ0v) is 23.0. The molecule has 0 aliphatic carbocycles. The number of H-pyrrole nitrogens is 1. The van der Waals surface area contributed by atoms with E-state index in [-0.39, 0.29) is 53.6 Å². The molecule has 4 rings (SSSR count). The summed E-state index contributed by atoms with van der Waals surface area (Å²) in [5.74, 6) is -2.78. The summed E-state index contributed by atoms with van der Waals surface area (Å²) in [5.41, 5.74) is 5.69. The van der Waals surface area contributed by atoms with Crippen LogP contribution >= 0.6 is 11.6 Å². The fourth-order valence-corrected chi connectivity index (χ4v) is 7.51. The third kappa shape index (κ3) is 5.54. The van der Waals surface area contributed by atoms with Gasteiger partial charge in [0.25, 0.3) is 5.91 Å². The lowest BCUT2D eigenvalue weighted by atomic mass is 9.88. The molecule has 1 aromatic heterocycles. The molecule has 3 N–H and O–H groups in total. The highest BCUT2D eigenvalue weighted by molar-refractivity contribution is 7.89. The molecule has 3 atom stereocenters. The van der Waals surface area contributed by atoms with E-state index in [1.807, 2.05) is 0 Å². The molecule has 2 saturated heterocycles. The maximum absolute atomic E-state index is 13.9. The summed E-state index contributed by atoms with van der Waals surface area (Å²) in [5, 5.41) is 0.544. The number of hydrogen-bond donors (Lipinski definition) is 2. The van der Waals surface area contributed by atoms with Crippen molar-refractivity contribution >= 4 is 50.4 Å². The van der Waals surface area contributed by atoms with Gasteiger partial charge in [-0.15, -0.1) is 0 Å². The van der Waals surface area contributed by atoms with E-state index < -0.39 is 27.8 Å². The minimum atomic E-state index is -4.26. The summed E-state index contributed by atoms with van der Waals surface area (Å²) in [4.78, 5) is 42.3. The van der Waals surface area contributed by atoms with Crippen molar-refractivity contribution in [2.45, 2.75) is 44.0 Å². The van der Waals surface area contributed by atoms with Crippen LogP contribution in [0.4, 0.5) is 0 Å². The smallest absolute Gasteiger partial charge is 0.311 e. The van der Waals surface area contributed by atoms with Crippen LogP contribution in [0.25, 0.3) is 10.9 Å². The van der Waals surface area contributed by atoms with E-state index in [2.05, 4.69) is 9.88 Å². The topological polar surface area (TPSA) is 152 Å². The van der Waals surface area contributed by atoms with Gasteiger partial charge in [0.15, 0.2) is 0 Å². The van der Waals surface area contributed by atoms with Crippen molar-refractivity contribution in [3.63, 3.8) is 0 Å². The van der Waals surface area contributed by atoms with Crippen LogP contribution in [0, 0.1) is 11.8 Å². The van der Waals surface area contributed by atoms with Gasteiger partial charge in [0.05, 0.1) is 25.0 Å². The quantitative estimate of drug-likeness (QED) is 0.459. The molecule has 3 heterocycles. The molecular formula is C25H33ClN4O7S. The molecule has 0 bridgehead atoms. The zero-order chi connectivity index (χ0) is 27.6. The molecule has 2 aromatic rings. The predicted molar refractivity (Wildman–Crippen MR) is 140 cm³/mol. The first-order valence-corrected chi connectivity index (χ1v) is 14.6. The fourth-order valence-electron chi connectivity index (χ4n) is 5.52. The molecule has 1 aromatic carbocycles. The number of fused-ring (bicyclic) bond motifs is 1. The maximum atomic E-state index is 13.9. The Hall–Kier alpha value is -2.67. The highest BCUT2D eigenvalue weighted by Gasteiger charge is 2.45. The Balaban J connectivity index is 1.66. The van der Waals surface area contributed by atoms with E-state index in [0.29, 0.717) is 43.1 Å². The van der Waals surface area contributed by atoms with Crippen molar-refractivity contribution in [2.24, 2.45) is 17.6 Å². The SMILES string of the molecule is CCOC(=O)C1CCCN(C2CCN(S(=O)(=O)c3c(C(N)=O)[nH]c4ccc(Cl)cc34)CC2C(=O)OCC)C1. The van der Waals surface area contributed by atoms with Gasteiger partial charge in [0.2, 0.25) is 10.0 Å². The Morgan fingerprint density at radius 3 is 2.47 bits per heavy atom. The van der Waals surface area contributed by atoms with E-state index in [1.165, 1.54) is 10.4 Å². The van der Waals surface area contributed by atoms with Crippen LogP contribution in [-0.2, 0) is 29.1 Å². The summed E-state index contributed by atoms with van der Waals surface area (Å²) >= 11 is 6.14. The third-order valence-corrected chi connectivity index (χ3v) is 9.41. The van der Waals surface area contributed by atoms with E-state index in [0.717, 1.165) is 6.42 Å². The first-order chi connectivity index (χ1) is 18.1. The van der Waals surface area contributed by atoms with Crippen molar-refractivity contribution < 1.29 is 32.3 Å². The van der Waals surface area contributed by atoms with Crippen LogP contribution in [0.1, 0.15) is 43.6 Å². The fraction of sp³-hybridized carbons (Fsp3) is 0.560. The Bertz CT molecular complexity index is 1330. The number of halogens is 1. The molecule has 11 nitrogen and oxygen atoms in total. The summed E-state index contributed by atoms with van der Waals surface area (Å²) in [6, 6.07) is 4.30. The minimum absolute atomic E-state index is 0.106. The summed E-state index contributed by atoms with van der Waals surface area (Å²) in [7, 11) is -4.26. The number of rotatable bonds is 8. The number of nitrogens with one attached hydrogen (secondary N) is 1. The Morgan fingerprint density at radius 1 is 1.08 bits per heavy atom. The number of ether oxygens (including phenoxy) is 2. The molecule has 2 aliphatic rings. The molecule has 1 amide bonds. The van der Waals surface area contributed by atoms with Crippen molar-refractivity contribution in [1.82, 2.24) is 14.2 Å². The number of carbonyl (C=O) groups excluding carboxylic acids is 3. The minimum Gasteiger partial charge on any atom is -0.466 e. The molecule has 208 valence electrons. The summed E-state index contributed by atoms with van der Waals surface area (Å²) in [6.07, 6.45) is 1.80. The number of benzene rings is 1. The number of likely N-dealkylation sites (tertiary alicyclic amines) is 1. The van der Waals surface area contributed by atoms with Gasteiger partial charge >= 0.3 is 11.9 Å². The van der Waals surface area contributed by atoms with Gasteiger partial charge in [-0.1, -0.05) is 11.6 Å². The van der Waals surface area contributed by atoms with Gasteiger partial charge in [-0.3, -0.25) is 19.3 Å². The maximum Gasteiger partial charge on any atom is 0.311 e. The van der Waals surface area contributed by atoms with Crippen LogP contribution in [0.5, 0.6) is 0 Å². The second kappa shape index (κ2) is 11.6. The number of esters is 2. The highest BCUT2D eigenvalue weighted by Crippen LogP contribution is 2.35. The third-order valence-electron chi connectivity index (χ3n) is 7.23. The highest BCUT2D eigenvalue weighted by atomic mass is 35.5. The number of nitrogens with zero attached hydrogens (tertiary/aromatic N) is 2. The number of aromatic amines is 1. The number of sulfonamides is 1. The molecule has 0 radical (unpaired) electrons. The number of piperidine rings is 2. The lowest BCUT2D eigenvalue weighted by Crippen LogP contribution is -2.57. The number of carbonyl (C=O) groups is 3. The second-order valence-corrected chi connectivity index (χ2v) is 11.9. The van der Waals surface area contributed by atoms with Gasteiger partial charge < -0.3 is 20.2 Å². The van der Waals surface area contributed by atoms with Crippen LogP contribution in [-0.4, -0.2) is 85.9 Å². The number of primary amides is 1. The number of amides is 1. The van der Waals surface area contributed by atoms with Crippen molar-refractivity contribution in [3.8, 4) is 0 Å². The van der Waals surface area contributed by atoms with Crippen molar-refractivity contribution in [3.05, 3.63) is 28.9 Å². The lowest BCUT2D eigenvalue weighted by Gasteiger charge is -2.44. The first kappa shape index (κ1) is 28.3. The van der Waals surface area contributed by atoms with E-state index >= 15 is 0 Å². The Kier molecular flexibility index (Phi) is 8.65. The van der Waals surface area contributed by atoms with Gasteiger partial charge in [-0.2, -0.15) is 4.31 Å². The van der Waals surface area contributed by atoms with Crippen LogP contribution < -0.4 is 5.73 Å². The predicted octanol–water partition coefficient (Wildman–Crippen LogP) is 2.14. The second-order valence-electron chi connectivity index (χ2n) is 9.55. The average Bonchev–Trinajstić information content (AvgIpc) is 3.28. The van der Waals surface area contributed by atoms with Crippen LogP contribution in [0.15, 0.2) is 23.1 Å². The average molecular weight is 569 g/mol. The summed E-state index contributed by atoms with van der Waals surface area (Å²) in [6.45, 7) is 4.96. The van der Waals surface area contributed by atoms with E-state index in [9.17, 15) is 22.8 Å². The van der Waals surface area contributed by atoms with Gasteiger partial charge in [-0.05, 0) is 57.9 Å². The monoisotopic (exact) mass is 568 g/mol. The van der Waals surface area contributed by atoms with E-state index in [4.69, 9.17) is 26.8 Å². The lowest BCUT2D eigenvalue weighted by molar-refractivity contribution is -0.154. The standard InChI is InChI=1S/C25H33ClN4O7S/c1-3-36-24(32)15-6-5-10-29(13-15)20-9-11-30(14-18(20)25(33)37-4-2)38(34,35)22-17-12-16(26)7-8-19(17)28-21(22)23(27)31/h7-8,12,15,18,20,28H,3-6,9-11,13-14H2,1-2H3,(H2,27,31). The zero-order valence-electron chi connectivity index (χ0n) is 21.4. The van der Waals surface area contributed by atoms with E-state index in [1.54, 1.807) is 26.0 Å². The number of hydrogen-bond acceptors (Lipinski definition) is 8. The molecule has 0 spiro atoms. The molecule has 38 heavy (non-hydrogen) atoms. The molecule has 3 unspecified atom stereocenters. The normalized spacial score (nSPS) is 23.3. The molecule has 13 heteroatoms.